The summed E-state index contributed by atoms with van der Waals surface area (Å²) in [5.41, 5.74) is 4.30. The number of rotatable bonds is 10. The van der Waals surface area contributed by atoms with E-state index in [0.717, 1.165) is 0 Å². The smallest absolute Gasteiger partial charge is 0.229 e. The maximum atomic E-state index is 13.5. The highest BCUT2D eigenvalue weighted by Crippen LogP contribution is 2.36. The maximum absolute atomic E-state index is 13.5. The first kappa shape index (κ1) is 24.7. The van der Waals surface area contributed by atoms with Crippen molar-refractivity contribution in [2.45, 2.75) is 0 Å². The van der Waals surface area contributed by atoms with E-state index in [0.29, 0.717) is 0 Å². The fourth-order valence-corrected chi connectivity index (χ4v) is 5.53. The Labute approximate surface area is 205 Å². The summed E-state index contributed by atoms with van der Waals surface area (Å²) >= 11 is 0. The van der Waals surface area contributed by atoms with E-state index >= 15 is 0 Å². The predicted molar refractivity (Wildman–Crippen MR) is 127 cm³/mol. The van der Waals surface area contributed by atoms with Gasteiger partial charge in [0, 0.05) is 12.1 Å². The molecule has 4 rings (SSSR count). The molecule has 14 nitrogen and oxygen atoms in total. The Morgan fingerprint density at radius 2 is 0.972 bits per heavy atom. The van der Waals surface area contributed by atoms with Crippen LogP contribution in [0, 0.1) is 0 Å². The van der Waals surface area contributed by atoms with Gasteiger partial charge in [0.1, 0.15) is 9.81 Å². The number of nitrogens with zero attached hydrogens (tertiary/aromatic N) is 6. The van der Waals surface area contributed by atoms with Gasteiger partial charge in [0.05, 0.1) is 12.4 Å². The van der Waals surface area contributed by atoms with E-state index in [1.165, 1.54) is 73.1 Å². The fraction of sp³-hybridized carbons (Fsp3) is 0. The molecule has 2 heterocycles. The molecule has 0 aliphatic heterocycles. The van der Waals surface area contributed by atoms with Crippen molar-refractivity contribution >= 4 is 41.7 Å². The molecule has 2 aromatic carbocycles. The predicted octanol–water partition coefficient (Wildman–Crippen LogP) is 1.63. The van der Waals surface area contributed by atoms with Gasteiger partial charge in [-0.2, -0.15) is 16.8 Å². The van der Waals surface area contributed by atoms with E-state index in [4.69, 9.17) is 8.57 Å². The third kappa shape index (κ3) is 5.99. The van der Waals surface area contributed by atoms with Crippen LogP contribution in [-0.2, 0) is 28.8 Å². The third-order valence-electron chi connectivity index (χ3n) is 4.30. The molecule has 36 heavy (non-hydrogen) atoms. The van der Waals surface area contributed by atoms with Gasteiger partial charge >= 0.3 is 20.2 Å². The third-order valence-corrected chi connectivity index (χ3v) is 6.91. The number of anilines is 2. The van der Waals surface area contributed by atoms with Gasteiger partial charge in [-0.1, -0.05) is 60.7 Å². The van der Waals surface area contributed by atoms with Crippen molar-refractivity contribution in [1.82, 2.24) is 30.8 Å². The Bertz CT molecular complexity index is 1420. The SMILES string of the molecule is O=S(=O)(ONc1ccnnn1)C(=C(c1ccccc1)S(=O)(=O)ONc1ccnnn1)c1ccccc1. The summed E-state index contributed by atoms with van der Waals surface area (Å²) in [6, 6.07) is 17.6. The van der Waals surface area contributed by atoms with Gasteiger partial charge in [-0.3, -0.25) is 0 Å². The van der Waals surface area contributed by atoms with Gasteiger partial charge in [-0.25, -0.2) is 11.0 Å². The summed E-state index contributed by atoms with van der Waals surface area (Å²) in [5, 5.41) is 20.9. The van der Waals surface area contributed by atoms with Gasteiger partial charge in [0.25, 0.3) is 0 Å². The lowest BCUT2D eigenvalue weighted by molar-refractivity contribution is 0.394. The molecule has 0 bridgehead atoms. The highest BCUT2D eigenvalue weighted by Gasteiger charge is 2.35. The number of aromatic nitrogens is 6. The van der Waals surface area contributed by atoms with Crippen molar-refractivity contribution in [1.29, 1.82) is 0 Å². The Hall–Kier alpha value is -4.38. The average Bonchev–Trinajstić information content (AvgIpc) is 2.91. The molecule has 0 amide bonds. The minimum Gasteiger partial charge on any atom is -0.229 e. The minimum absolute atomic E-state index is 0.00911. The molecule has 184 valence electrons. The molecule has 0 fully saturated rings. The number of hydrogen-bond donors (Lipinski definition) is 2. The largest absolute Gasteiger partial charge is 0.319 e. The first-order chi connectivity index (χ1) is 17.4. The lowest BCUT2D eigenvalue weighted by atomic mass is 10.1. The molecule has 0 saturated carbocycles. The summed E-state index contributed by atoms with van der Waals surface area (Å²) in [5.74, 6) is -0.168. The van der Waals surface area contributed by atoms with Crippen molar-refractivity contribution < 1.29 is 25.4 Å². The van der Waals surface area contributed by atoms with E-state index in [2.05, 4.69) is 41.8 Å². The second kappa shape index (κ2) is 10.9. The highest BCUT2D eigenvalue weighted by molar-refractivity contribution is 8.02. The van der Waals surface area contributed by atoms with Gasteiger partial charge in [0.15, 0.2) is 11.6 Å². The molecule has 0 unspecified atom stereocenters. The zero-order valence-corrected chi connectivity index (χ0v) is 19.7. The van der Waals surface area contributed by atoms with Crippen LogP contribution < -0.4 is 11.0 Å². The molecule has 2 N–H and O–H groups in total. The summed E-state index contributed by atoms with van der Waals surface area (Å²) in [6.07, 6.45) is 2.50. The second-order valence-electron chi connectivity index (χ2n) is 6.68. The average molecular weight is 529 g/mol. The first-order valence-corrected chi connectivity index (χ1v) is 12.7. The molecule has 0 aliphatic rings. The quantitative estimate of drug-likeness (QED) is 0.223. The molecule has 0 saturated heterocycles. The van der Waals surface area contributed by atoms with E-state index in [1.807, 2.05) is 0 Å². The molecule has 0 atom stereocenters. The van der Waals surface area contributed by atoms with Crippen LogP contribution in [0.25, 0.3) is 9.81 Å². The van der Waals surface area contributed by atoms with Crippen molar-refractivity contribution in [3.05, 3.63) is 96.3 Å². The van der Waals surface area contributed by atoms with Crippen molar-refractivity contribution in [2.24, 2.45) is 0 Å². The van der Waals surface area contributed by atoms with Crippen molar-refractivity contribution in [2.75, 3.05) is 11.0 Å². The van der Waals surface area contributed by atoms with Gasteiger partial charge in [-0.15, -0.1) is 29.0 Å². The topological polar surface area (TPSA) is 188 Å². The number of benzene rings is 2. The van der Waals surface area contributed by atoms with Crippen LogP contribution in [0.2, 0.25) is 0 Å². The standard InChI is InChI=1S/C20H16N8O6S2/c29-35(30,33-25-17-11-13-21-27-23-17)19(15-7-3-1-4-8-15)20(16-9-5-2-6-10-16)36(31,32)34-26-18-12-14-22-28-24-18/h1-14H,(H,21,23,25)(H,22,24,26). The van der Waals surface area contributed by atoms with Gasteiger partial charge in [0.2, 0.25) is 0 Å². The summed E-state index contributed by atoms with van der Waals surface area (Å²) in [6.45, 7) is 0. The highest BCUT2D eigenvalue weighted by atomic mass is 32.2. The molecule has 0 radical (unpaired) electrons. The Balaban J connectivity index is 1.87. The second-order valence-corrected chi connectivity index (χ2v) is 9.65. The molecule has 16 heteroatoms. The van der Waals surface area contributed by atoms with Crippen LogP contribution in [0.15, 0.2) is 85.2 Å². The van der Waals surface area contributed by atoms with Crippen molar-refractivity contribution in [3.8, 4) is 0 Å². The minimum atomic E-state index is -4.83. The zero-order chi connectivity index (χ0) is 25.4. The van der Waals surface area contributed by atoms with Crippen LogP contribution in [0.3, 0.4) is 0 Å². The van der Waals surface area contributed by atoms with Crippen molar-refractivity contribution in [3.63, 3.8) is 0 Å². The summed E-state index contributed by atoms with van der Waals surface area (Å²) in [7, 11) is -9.66. The Morgan fingerprint density at radius 3 is 1.31 bits per heavy atom. The molecular formula is C20H16N8O6S2. The first-order valence-electron chi connectivity index (χ1n) is 9.90. The number of nitrogens with one attached hydrogen (secondary N) is 2. The lowest BCUT2D eigenvalue weighted by Crippen LogP contribution is -2.20. The Kier molecular flexibility index (Phi) is 7.50. The van der Waals surface area contributed by atoms with Crippen LogP contribution in [0.5, 0.6) is 0 Å². The van der Waals surface area contributed by atoms with E-state index in [1.54, 1.807) is 12.1 Å². The van der Waals surface area contributed by atoms with Gasteiger partial charge < -0.3 is 0 Å². The normalized spacial score (nSPS) is 12.4. The molecule has 0 spiro atoms. The zero-order valence-electron chi connectivity index (χ0n) is 18.0. The molecular weight excluding hydrogens is 512 g/mol. The Morgan fingerprint density at radius 1 is 0.583 bits per heavy atom. The number of hydrogen-bond acceptors (Lipinski definition) is 14. The molecule has 4 aromatic rings. The summed E-state index contributed by atoms with van der Waals surface area (Å²) in [4.78, 5) is -1.40. The van der Waals surface area contributed by atoms with Crippen LogP contribution in [0.1, 0.15) is 11.1 Å². The van der Waals surface area contributed by atoms with Crippen LogP contribution in [-0.4, -0.2) is 47.7 Å². The molecule has 2 aromatic heterocycles. The van der Waals surface area contributed by atoms with Gasteiger partial charge in [-0.05, 0) is 21.6 Å². The van der Waals surface area contributed by atoms with E-state index < -0.39 is 30.0 Å². The van der Waals surface area contributed by atoms with Crippen LogP contribution >= 0.6 is 0 Å². The van der Waals surface area contributed by atoms with E-state index in [9.17, 15) is 16.8 Å². The summed E-state index contributed by atoms with van der Waals surface area (Å²) < 4.78 is 63.8. The monoisotopic (exact) mass is 528 g/mol. The van der Waals surface area contributed by atoms with E-state index in [-0.39, 0.29) is 22.8 Å². The lowest BCUT2D eigenvalue weighted by Gasteiger charge is -2.17. The molecule has 0 aliphatic carbocycles. The van der Waals surface area contributed by atoms with Crippen LogP contribution in [0.4, 0.5) is 11.6 Å². The fourth-order valence-electron chi connectivity index (χ4n) is 2.83. The maximum Gasteiger partial charge on any atom is 0.319 e.